The quantitative estimate of drug-likeness (QED) is 0.732. The lowest BCUT2D eigenvalue weighted by Gasteiger charge is -2.12. The lowest BCUT2D eigenvalue weighted by atomic mass is 10.2. The highest BCUT2D eigenvalue weighted by Crippen LogP contribution is 1.95. The van der Waals surface area contributed by atoms with Crippen LogP contribution in [0, 0.1) is 0 Å². The van der Waals surface area contributed by atoms with Crippen molar-refractivity contribution < 1.29 is 0 Å². The molecule has 0 aliphatic heterocycles. The summed E-state index contributed by atoms with van der Waals surface area (Å²) in [5.74, 6) is 0. The maximum atomic E-state index is 4.26. The van der Waals surface area contributed by atoms with Crippen molar-refractivity contribution in [3.63, 3.8) is 0 Å². The monoisotopic (exact) mass is 194 g/mol. The van der Waals surface area contributed by atoms with Gasteiger partial charge in [-0.25, -0.2) is 0 Å². The molecule has 0 unspecified atom stereocenters. The molecule has 2 heteroatoms. The van der Waals surface area contributed by atoms with Gasteiger partial charge in [-0.05, 0) is 25.7 Å². The first kappa shape index (κ1) is 13.1. The van der Waals surface area contributed by atoms with Crippen molar-refractivity contribution >= 4 is 0 Å². The van der Waals surface area contributed by atoms with Gasteiger partial charge in [-0.2, -0.15) is 0 Å². The van der Waals surface area contributed by atoms with Crippen LogP contribution in [0.15, 0.2) is 24.4 Å². The van der Waals surface area contributed by atoms with Crippen LogP contribution in [0.1, 0.15) is 26.5 Å². The molecule has 0 aromatic carbocycles. The van der Waals surface area contributed by atoms with Crippen molar-refractivity contribution in [3.05, 3.63) is 30.1 Å². The second kappa shape index (κ2) is 8.70. The van der Waals surface area contributed by atoms with Gasteiger partial charge in [0.15, 0.2) is 0 Å². The van der Waals surface area contributed by atoms with Crippen molar-refractivity contribution in [2.24, 2.45) is 0 Å². The highest BCUT2D eigenvalue weighted by molar-refractivity contribution is 5.03. The number of pyridine rings is 1. The first-order valence-corrected chi connectivity index (χ1v) is 5.41. The summed E-state index contributed by atoms with van der Waals surface area (Å²) in [4.78, 5) is 6.54. The summed E-state index contributed by atoms with van der Waals surface area (Å²) in [6.07, 6.45) is 2.90. The Morgan fingerprint density at radius 1 is 1.29 bits per heavy atom. The maximum absolute atomic E-state index is 4.26. The Bertz CT molecular complexity index is 209. The van der Waals surface area contributed by atoms with Crippen LogP contribution in [0.2, 0.25) is 0 Å². The van der Waals surface area contributed by atoms with Gasteiger partial charge in [-0.15, -0.1) is 0 Å². The molecule has 1 heterocycles. The van der Waals surface area contributed by atoms with Gasteiger partial charge in [0, 0.05) is 24.9 Å². The van der Waals surface area contributed by atoms with Crippen molar-refractivity contribution in [3.8, 4) is 0 Å². The Hall–Kier alpha value is -0.890. The Morgan fingerprint density at radius 2 is 2.00 bits per heavy atom. The van der Waals surface area contributed by atoms with Crippen molar-refractivity contribution in [2.45, 2.75) is 27.2 Å². The number of hydrogen-bond donors (Lipinski definition) is 0. The number of aromatic nitrogens is 1. The number of nitrogens with zero attached hydrogens (tertiary/aromatic N) is 2. The van der Waals surface area contributed by atoms with Crippen molar-refractivity contribution in [1.82, 2.24) is 9.88 Å². The predicted octanol–water partition coefficient (Wildman–Crippen LogP) is 2.60. The van der Waals surface area contributed by atoms with Crippen LogP contribution in [0.3, 0.4) is 0 Å². The van der Waals surface area contributed by atoms with E-state index in [1.165, 1.54) is 5.69 Å². The van der Waals surface area contributed by atoms with Crippen LogP contribution in [0.4, 0.5) is 0 Å². The average Bonchev–Trinajstić information content (AvgIpc) is 2.30. The zero-order valence-electron chi connectivity index (χ0n) is 9.83. The van der Waals surface area contributed by atoms with E-state index in [1.807, 2.05) is 32.2 Å². The summed E-state index contributed by atoms with van der Waals surface area (Å²) in [6.45, 7) is 8.36. The van der Waals surface area contributed by atoms with E-state index < -0.39 is 0 Å². The summed E-state index contributed by atoms with van der Waals surface area (Å²) in [5.41, 5.74) is 1.18. The summed E-state index contributed by atoms with van der Waals surface area (Å²) in [6, 6.07) is 6.06. The van der Waals surface area contributed by atoms with Crippen molar-refractivity contribution in [1.29, 1.82) is 0 Å². The van der Waals surface area contributed by atoms with E-state index in [-0.39, 0.29) is 0 Å². The second-order valence-electron chi connectivity index (χ2n) is 2.97. The Balaban J connectivity index is 0.000000791. The van der Waals surface area contributed by atoms with Gasteiger partial charge < -0.3 is 4.90 Å². The topological polar surface area (TPSA) is 16.1 Å². The van der Waals surface area contributed by atoms with E-state index in [4.69, 9.17) is 0 Å². The van der Waals surface area contributed by atoms with Gasteiger partial charge in [0.2, 0.25) is 0 Å². The Labute approximate surface area is 88.0 Å². The lowest BCUT2D eigenvalue weighted by Crippen LogP contribution is -2.20. The van der Waals surface area contributed by atoms with Crippen LogP contribution in [-0.2, 0) is 6.42 Å². The minimum atomic E-state index is 1.05. The molecule has 0 spiro atoms. The molecule has 0 saturated carbocycles. The van der Waals surface area contributed by atoms with Crippen LogP contribution < -0.4 is 0 Å². The van der Waals surface area contributed by atoms with E-state index in [2.05, 4.69) is 29.9 Å². The molecule has 0 radical (unpaired) electrons. The van der Waals surface area contributed by atoms with E-state index in [1.54, 1.807) is 0 Å². The molecular weight excluding hydrogens is 172 g/mol. The SMILES string of the molecule is CC.CCN(C)CCc1ccccn1. The smallest absolute Gasteiger partial charge is 0.0416 e. The maximum Gasteiger partial charge on any atom is 0.0416 e. The highest BCUT2D eigenvalue weighted by Gasteiger charge is 1.95. The standard InChI is InChI=1S/C10H16N2.C2H6/c1-3-12(2)9-7-10-6-4-5-8-11-10;1-2/h4-6,8H,3,7,9H2,1-2H3;1-2H3. The van der Waals surface area contributed by atoms with E-state index in [0.29, 0.717) is 0 Å². The minimum Gasteiger partial charge on any atom is -0.306 e. The van der Waals surface area contributed by atoms with Gasteiger partial charge in [-0.3, -0.25) is 4.98 Å². The molecule has 0 N–H and O–H groups in total. The minimum absolute atomic E-state index is 1.05. The largest absolute Gasteiger partial charge is 0.306 e. The number of rotatable bonds is 4. The lowest BCUT2D eigenvalue weighted by molar-refractivity contribution is 0.356. The molecule has 0 fully saturated rings. The fourth-order valence-electron chi connectivity index (χ4n) is 1.01. The molecule has 80 valence electrons. The van der Waals surface area contributed by atoms with Gasteiger partial charge in [-0.1, -0.05) is 26.8 Å². The van der Waals surface area contributed by atoms with Crippen LogP contribution in [-0.4, -0.2) is 30.0 Å². The molecule has 14 heavy (non-hydrogen) atoms. The summed E-state index contributed by atoms with van der Waals surface area (Å²) in [7, 11) is 2.13. The van der Waals surface area contributed by atoms with E-state index >= 15 is 0 Å². The number of hydrogen-bond acceptors (Lipinski definition) is 2. The molecule has 0 aliphatic rings. The van der Waals surface area contributed by atoms with Crippen LogP contribution in [0.25, 0.3) is 0 Å². The highest BCUT2D eigenvalue weighted by atomic mass is 15.1. The fraction of sp³-hybridized carbons (Fsp3) is 0.583. The molecule has 0 aliphatic carbocycles. The molecule has 0 atom stereocenters. The average molecular weight is 194 g/mol. The Morgan fingerprint density at radius 3 is 2.50 bits per heavy atom. The zero-order valence-corrected chi connectivity index (χ0v) is 9.83. The third-order valence-electron chi connectivity index (χ3n) is 2.02. The molecule has 1 aromatic heterocycles. The number of likely N-dealkylation sites (N-methyl/N-ethyl adjacent to an activating group) is 1. The van der Waals surface area contributed by atoms with Crippen LogP contribution >= 0.6 is 0 Å². The van der Waals surface area contributed by atoms with E-state index in [0.717, 1.165) is 19.5 Å². The van der Waals surface area contributed by atoms with E-state index in [9.17, 15) is 0 Å². The summed E-state index contributed by atoms with van der Waals surface area (Å²) >= 11 is 0. The van der Waals surface area contributed by atoms with Crippen LogP contribution in [0.5, 0.6) is 0 Å². The van der Waals surface area contributed by atoms with Gasteiger partial charge >= 0.3 is 0 Å². The fourth-order valence-corrected chi connectivity index (χ4v) is 1.01. The first-order chi connectivity index (χ1) is 6.83. The van der Waals surface area contributed by atoms with Gasteiger partial charge in [0.05, 0.1) is 0 Å². The van der Waals surface area contributed by atoms with Gasteiger partial charge in [0.25, 0.3) is 0 Å². The Kier molecular flexibility index (Phi) is 8.14. The third kappa shape index (κ3) is 5.70. The van der Waals surface area contributed by atoms with Gasteiger partial charge in [0.1, 0.15) is 0 Å². The molecule has 0 amide bonds. The third-order valence-corrected chi connectivity index (χ3v) is 2.02. The molecule has 0 bridgehead atoms. The first-order valence-electron chi connectivity index (χ1n) is 5.41. The molecule has 0 saturated heterocycles. The summed E-state index contributed by atoms with van der Waals surface area (Å²) < 4.78 is 0. The molecule has 1 aromatic rings. The van der Waals surface area contributed by atoms with Crippen molar-refractivity contribution in [2.75, 3.05) is 20.1 Å². The predicted molar refractivity (Wildman–Crippen MR) is 62.5 cm³/mol. The zero-order chi connectivity index (χ0) is 10.8. The molecule has 1 rings (SSSR count). The molecular formula is C12H22N2. The molecule has 2 nitrogen and oxygen atoms in total. The normalized spacial score (nSPS) is 9.50. The second-order valence-corrected chi connectivity index (χ2v) is 2.97. The summed E-state index contributed by atoms with van der Waals surface area (Å²) in [5, 5.41) is 0.